The van der Waals surface area contributed by atoms with Gasteiger partial charge in [0.1, 0.15) is 5.75 Å². The van der Waals surface area contributed by atoms with Crippen molar-refractivity contribution in [1.82, 2.24) is 4.98 Å². The molecule has 0 bridgehead atoms. The van der Waals surface area contributed by atoms with Crippen molar-refractivity contribution >= 4 is 28.5 Å². The van der Waals surface area contributed by atoms with Gasteiger partial charge in [-0.15, -0.1) is 0 Å². The number of hydrogen-bond acceptors (Lipinski definition) is 5. The van der Waals surface area contributed by atoms with Crippen molar-refractivity contribution in [1.29, 1.82) is 0 Å². The van der Waals surface area contributed by atoms with Crippen LogP contribution in [0.1, 0.15) is 54.4 Å². The van der Waals surface area contributed by atoms with Gasteiger partial charge in [0, 0.05) is 17.0 Å². The first-order valence-electron chi connectivity index (χ1n) is 11.3. The molecule has 0 saturated heterocycles. The average Bonchev–Trinajstić information content (AvgIpc) is 2.81. The predicted octanol–water partition coefficient (Wildman–Crippen LogP) is 6.11. The number of hydrogen-bond donors (Lipinski definition) is 1. The fourth-order valence-corrected chi connectivity index (χ4v) is 4.73. The number of carbonyl (C=O) groups is 1. The number of rotatable bonds is 5. The summed E-state index contributed by atoms with van der Waals surface area (Å²) < 4.78 is 16.6. The van der Waals surface area contributed by atoms with E-state index in [1.165, 1.54) is 0 Å². The SMILES string of the molecule is COc1cc(OC)c(OC)cc1/C=C1\CC(C(C)(C)C)Cc2c1nc1ccccc1c2C(=O)O. The molecule has 1 heterocycles. The fourth-order valence-electron chi connectivity index (χ4n) is 4.73. The second kappa shape index (κ2) is 9.01. The van der Waals surface area contributed by atoms with Gasteiger partial charge in [-0.05, 0) is 53.5 Å². The highest BCUT2D eigenvalue weighted by atomic mass is 16.5. The second-order valence-corrected chi connectivity index (χ2v) is 9.73. The van der Waals surface area contributed by atoms with Gasteiger partial charge in [0.25, 0.3) is 0 Å². The van der Waals surface area contributed by atoms with E-state index in [4.69, 9.17) is 19.2 Å². The molecule has 1 N–H and O–H groups in total. The minimum absolute atomic E-state index is 0.0140. The monoisotopic (exact) mass is 461 g/mol. The van der Waals surface area contributed by atoms with Crippen LogP contribution in [0.2, 0.25) is 0 Å². The van der Waals surface area contributed by atoms with Crippen molar-refractivity contribution in [3.8, 4) is 17.2 Å². The van der Waals surface area contributed by atoms with Crippen LogP contribution in [0.3, 0.4) is 0 Å². The molecular formula is C28H31NO5. The molecule has 0 spiro atoms. The number of aromatic carboxylic acids is 1. The lowest BCUT2D eigenvalue weighted by Crippen LogP contribution is -2.28. The van der Waals surface area contributed by atoms with Crippen LogP contribution in [-0.4, -0.2) is 37.4 Å². The van der Waals surface area contributed by atoms with Crippen LogP contribution in [-0.2, 0) is 6.42 Å². The van der Waals surface area contributed by atoms with Gasteiger partial charge in [0.15, 0.2) is 11.5 Å². The van der Waals surface area contributed by atoms with Gasteiger partial charge in [-0.1, -0.05) is 39.0 Å². The molecule has 0 aliphatic heterocycles. The molecule has 178 valence electrons. The van der Waals surface area contributed by atoms with E-state index >= 15 is 0 Å². The quantitative estimate of drug-likeness (QED) is 0.494. The number of allylic oxidation sites excluding steroid dienone is 1. The third kappa shape index (κ3) is 4.20. The highest BCUT2D eigenvalue weighted by Gasteiger charge is 2.35. The molecule has 0 fully saturated rings. The maximum absolute atomic E-state index is 12.5. The van der Waals surface area contributed by atoms with E-state index in [2.05, 4.69) is 20.8 Å². The molecular weight excluding hydrogens is 430 g/mol. The Hall–Kier alpha value is -3.54. The summed E-state index contributed by atoms with van der Waals surface area (Å²) in [7, 11) is 4.80. The van der Waals surface area contributed by atoms with Crippen molar-refractivity contribution in [2.75, 3.05) is 21.3 Å². The first-order valence-corrected chi connectivity index (χ1v) is 11.3. The number of methoxy groups -OCH3 is 3. The minimum atomic E-state index is -0.924. The number of carboxylic acids is 1. The van der Waals surface area contributed by atoms with Crippen LogP contribution in [0.15, 0.2) is 36.4 Å². The number of benzene rings is 2. The number of pyridine rings is 1. The normalized spacial score (nSPS) is 16.9. The summed E-state index contributed by atoms with van der Waals surface area (Å²) in [5, 5.41) is 10.9. The van der Waals surface area contributed by atoms with Crippen molar-refractivity contribution in [3.05, 3.63) is 58.8 Å². The Morgan fingerprint density at radius 1 is 1.00 bits per heavy atom. The van der Waals surface area contributed by atoms with Crippen molar-refractivity contribution < 1.29 is 24.1 Å². The van der Waals surface area contributed by atoms with Gasteiger partial charge in [-0.2, -0.15) is 0 Å². The average molecular weight is 462 g/mol. The highest BCUT2D eigenvalue weighted by Crippen LogP contribution is 2.46. The lowest BCUT2D eigenvalue weighted by atomic mass is 9.69. The zero-order chi connectivity index (χ0) is 24.6. The van der Waals surface area contributed by atoms with Crippen molar-refractivity contribution in [2.45, 2.75) is 33.6 Å². The van der Waals surface area contributed by atoms with Gasteiger partial charge in [-0.3, -0.25) is 0 Å². The third-order valence-electron chi connectivity index (χ3n) is 6.72. The molecule has 2 aromatic carbocycles. The molecule has 1 aromatic heterocycles. The van der Waals surface area contributed by atoms with Crippen molar-refractivity contribution in [3.63, 3.8) is 0 Å². The number of aromatic nitrogens is 1. The van der Waals surface area contributed by atoms with Gasteiger partial charge in [0.2, 0.25) is 0 Å². The summed E-state index contributed by atoms with van der Waals surface area (Å²) in [6, 6.07) is 11.1. The molecule has 6 heteroatoms. The molecule has 1 unspecified atom stereocenters. The number of nitrogens with zero attached hydrogens (tertiary/aromatic N) is 1. The van der Waals surface area contributed by atoms with Crippen LogP contribution in [0, 0.1) is 11.3 Å². The Labute approximate surface area is 200 Å². The topological polar surface area (TPSA) is 77.9 Å². The minimum Gasteiger partial charge on any atom is -0.496 e. The van der Waals surface area contributed by atoms with Crippen LogP contribution in [0.25, 0.3) is 22.6 Å². The molecule has 1 aliphatic carbocycles. The molecule has 0 saturated carbocycles. The zero-order valence-corrected chi connectivity index (χ0v) is 20.6. The molecule has 3 aromatic rings. The first-order chi connectivity index (χ1) is 16.2. The summed E-state index contributed by atoms with van der Waals surface area (Å²) in [6.07, 6.45) is 3.49. The van der Waals surface area contributed by atoms with Crippen LogP contribution >= 0.6 is 0 Å². The molecule has 0 amide bonds. The van der Waals surface area contributed by atoms with E-state index < -0.39 is 5.97 Å². The van der Waals surface area contributed by atoms with Gasteiger partial charge >= 0.3 is 5.97 Å². The van der Waals surface area contributed by atoms with E-state index in [0.717, 1.165) is 28.8 Å². The fraction of sp³-hybridized carbons (Fsp3) is 0.357. The maximum atomic E-state index is 12.5. The smallest absolute Gasteiger partial charge is 0.336 e. The molecule has 6 nitrogen and oxygen atoms in total. The van der Waals surface area contributed by atoms with E-state index in [0.29, 0.717) is 40.1 Å². The second-order valence-electron chi connectivity index (χ2n) is 9.73. The van der Waals surface area contributed by atoms with Crippen molar-refractivity contribution in [2.24, 2.45) is 11.3 Å². The number of para-hydroxylation sites is 1. The predicted molar refractivity (Wildman–Crippen MR) is 134 cm³/mol. The summed E-state index contributed by atoms with van der Waals surface area (Å²) in [6.45, 7) is 6.60. The van der Waals surface area contributed by atoms with E-state index in [9.17, 15) is 9.90 Å². The lowest BCUT2D eigenvalue weighted by Gasteiger charge is -2.36. The van der Waals surface area contributed by atoms with E-state index in [1.807, 2.05) is 36.4 Å². The van der Waals surface area contributed by atoms with Gasteiger partial charge in [-0.25, -0.2) is 9.78 Å². The molecule has 0 radical (unpaired) electrons. The zero-order valence-electron chi connectivity index (χ0n) is 20.6. The number of fused-ring (bicyclic) bond motifs is 2. The molecule has 4 rings (SSSR count). The van der Waals surface area contributed by atoms with Crippen LogP contribution in [0.5, 0.6) is 17.2 Å². The highest BCUT2D eigenvalue weighted by molar-refractivity contribution is 6.06. The number of carboxylic acid groups (broad SMARTS) is 1. The summed E-state index contributed by atoms with van der Waals surface area (Å²) in [5.74, 6) is 1.14. The van der Waals surface area contributed by atoms with E-state index in [1.54, 1.807) is 27.4 Å². The standard InChI is InChI=1S/C28H31NO5/c1-28(2,3)18-12-17(11-16-13-23(33-5)24(34-6)15-22(16)32-4)26-20(14-18)25(27(30)31)19-9-7-8-10-21(19)29-26/h7-11,13,15,18H,12,14H2,1-6H3,(H,30,31)/b17-11+. The van der Waals surface area contributed by atoms with Crippen LogP contribution in [0.4, 0.5) is 0 Å². The van der Waals surface area contributed by atoms with Crippen LogP contribution < -0.4 is 14.2 Å². The Bertz CT molecular complexity index is 1290. The number of ether oxygens (including phenoxy) is 3. The Kier molecular flexibility index (Phi) is 6.26. The maximum Gasteiger partial charge on any atom is 0.336 e. The van der Waals surface area contributed by atoms with E-state index in [-0.39, 0.29) is 11.3 Å². The largest absolute Gasteiger partial charge is 0.496 e. The summed E-state index contributed by atoms with van der Waals surface area (Å²) in [4.78, 5) is 17.4. The molecule has 1 aliphatic rings. The lowest BCUT2D eigenvalue weighted by molar-refractivity contribution is 0.0696. The van der Waals surface area contributed by atoms with Gasteiger partial charge in [0.05, 0.1) is 38.1 Å². The Balaban J connectivity index is 2.01. The molecule has 1 atom stereocenters. The third-order valence-corrected chi connectivity index (χ3v) is 6.72. The summed E-state index contributed by atoms with van der Waals surface area (Å²) in [5.41, 5.74) is 4.36. The molecule has 34 heavy (non-hydrogen) atoms. The Morgan fingerprint density at radius 3 is 2.26 bits per heavy atom. The Morgan fingerprint density at radius 2 is 1.65 bits per heavy atom. The first kappa shape index (κ1) is 23.6. The van der Waals surface area contributed by atoms with Gasteiger partial charge < -0.3 is 19.3 Å². The summed E-state index contributed by atoms with van der Waals surface area (Å²) >= 11 is 0.